The van der Waals surface area contributed by atoms with Crippen molar-refractivity contribution in [2.75, 3.05) is 19.8 Å². The zero-order valence-corrected chi connectivity index (χ0v) is 19.3. The van der Waals surface area contributed by atoms with E-state index in [4.69, 9.17) is 9.47 Å². The van der Waals surface area contributed by atoms with E-state index < -0.39 is 11.9 Å². The molecule has 0 bridgehead atoms. The summed E-state index contributed by atoms with van der Waals surface area (Å²) in [7, 11) is 0. The first-order valence-electron chi connectivity index (χ1n) is 11.3. The maximum Gasteiger partial charge on any atom is 0.336 e. The molecule has 0 saturated heterocycles. The van der Waals surface area contributed by atoms with Crippen LogP contribution in [0.1, 0.15) is 45.1 Å². The third-order valence-corrected chi connectivity index (χ3v) is 5.94. The number of dihydropyridines is 1. The Balaban J connectivity index is 1.70. The van der Waals surface area contributed by atoms with Crippen molar-refractivity contribution in [3.05, 3.63) is 71.4 Å². The second-order valence-electron chi connectivity index (χ2n) is 9.14. The van der Waals surface area contributed by atoms with Gasteiger partial charge in [-0.25, -0.2) is 9.78 Å². The fourth-order valence-corrected chi connectivity index (χ4v) is 4.56. The van der Waals surface area contributed by atoms with E-state index >= 15 is 0 Å². The summed E-state index contributed by atoms with van der Waals surface area (Å²) in [6.45, 7) is 7.48. The predicted molar refractivity (Wildman–Crippen MR) is 122 cm³/mol. The van der Waals surface area contributed by atoms with Gasteiger partial charge < -0.3 is 19.4 Å². The van der Waals surface area contributed by atoms with Crippen molar-refractivity contribution < 1.29 is 19.1 Å². The van der Waals surface area contributed by atoms with Crippen molar-refractivity contribution in [3.8, 4) is 0 Å². The minimum Gasteiger partial charge on any atom is -0.463 e. The highest BCUT2D eigenvalue weighted by molar-refractivity contribution is 6.04. The summed E-state index contributed by atoms with van der Waals surface area (Å²) in [5.41, 5.74) is 3.16. The minimum atomic E-state index is -0.537. The van der Waals surface area contributed by atoms with E-state index in [1.807, 2.05) is 22.9 Å². The van der Waals surface area contributed by atoms with Crippen LogP contribution in [0, 0.1) is 5.41 Å². The first-order chi connectivity index (χ1) is 15.9. The van der Waals surface area contributed by atoms with Gasteiger partial charge in [-0.2, -0.15) is 0 Å². The fourth-order valence-electron chi connectivity index (χ4n) is 4.56. The van der Waals surface area contributed by atoms with Crippen molar-refractivity contribution >= 4 is 11.8 Å². The molecule has 3 heterocycles. The number of Topliss-reactive ketones (excluding diaryl/α,β-unsaturated/α-hetero) is 1. The molecule has 1 unspecified atom stereocenters. The number of carbonyl (C=O) groups excluding carboxylic acids is 2. The smallest absolute Gasteiger partial charge is 0.336 e. The molecular formula is C25H30N4O4. The van der Waals surface area contributed by atoms with Crippen LogP contribution in [0.25, 0.3) is 0 Å². The molecule has 0 aromatic carbocycles. The molecule has 0 fully saturated rings. The molecule has 2 aromatic rings. The lowest BCUT2D eigenvalue weighted by Gasteiger charge is -2.39. The molecule has 8 heteroatoms. The summed E-state index contributed by atoms with van der Waals surface area (Å²) < 4.78 is 13.3. The van der Waals surface area contributed by atoms with Gasteiger partial charge in [-0.3, -0.25) is 9.78 Å². The Kier molecular flexibility index (Phi) is 6.74. The quantitative estimate of drug-likeness (QED) is 0.488. The normalized spacial score (nSPS) is 19.8. The molecule has 1 aliphatic carbocycles. The van der Waals surface area contributed by atoms with Gasteiger partial charge >= 0.3 is 5.97 Å². The Labute approximate surface area is 193 Å². The van der Waals surface area contributed by atoms with Gasteiger partial charge in [0.2, 0.25) is 0 Å². The third kappa shape index (κ3) is 5.06. The lowest BCUT2D eigenvalue weighted by molar-refractivity contribution is -0.139. The lowest BCUT2D eigenvalue weighted by atomic mass is 9.69. The summed E-state index contributed by atoms with van der Waals surface area (Å²) in [4.78, 5) is 34.8. The SMILES string of the molecule is CCOC(=O)C1=C(COCCn2ccnc2)NC2=C(C(=O)CC(C)(C)C2)C1c1cccnc1. The molecule has 0 amide bonds. The lowest BCUT2D eigenvalue weighted by Crippen LogP contribution is -2.40. The Hall–Kier alpha value is -3.26. The van der Waals surface area contributed by atoms with Gasteiger partial charge in [0.25, 0.3) is 0 Å². The van der Waals surface area contributed by atoms with Gasteiger partial charge in [0, 0.05) is 54.9 Å². The summed E-state index contributed by atoms with van der Waals surface area (Å²) in [5, 5.41) is 3.40. The highest BCUT2D eigenvalue weighted by Crippen LogP contribution is 2.46. The molecule has 1 atom stereocenters. The molecule has 33 heavy (non-hydrogen) atoms. The molecule has 2 aliphatic rings. The van der Waals surface area contributed by atoms with Crippen molar-refractivity contribution in [3.63, 3.8) is 0 Å². The Morgan fingerprint density at radius 3 is 2.82 bits per heavy atom. The molecule has 4 rings (SSSR count). The number of carbonyl (C=O) groups is 2. The van der Waals surface area contributed by atoms with Gasteiger partial charge in [-0.05, 0) is 30.4 Å². The number of rotatable bonds is 8. The zero-order chi connectivity index (χ0) is 23.4. The van der Waals surface area contributed by atoms with Crippen molar-refractivity contribution in [1.29, 1.82) is 0 Å². The number of pyridine rings is 1. The van der Waals surface area contributed by atoms with Gasteiger partial charge in [0.15, 0.2) is 5.78 Å². The van der Waals surface area contributed by atoms with Crippen molar-refractivity contribution in [2.24, 2.45) is 5.41 Å². The number of imidazole rings is 1. The average Bonchev–Trinajstić information content (AvgIpc) is 3.29. The third-order valence-electron chi connectivity index (χ3n) is 5.94. The molecule has 8 nitrogen and oxygen atoms in total. The monoisotopic (exact) mass is 450 g/mol. The Morgan fingerprint density at radius 2 is 2.12 bits per heavy atom. The largest absolute Gasteiger partial charge is 0.463 e. The molecule has 174 valence electrons. The summed E-state index contributed by atoms with van der Waals surface area (Å²) >= 11 is 0. The van der Waals surface area contributed by atoms with Crippen LogP contribution in [0.2, 0.25) is 0 Å². The van der Waals surface area contributed by atoms with E-state index in [9.17, 15) is 9.59 Å². The number of allylic oxidation sites excluding steroid dienone is 2. The Bertz CT molecular complexity index is 1070. The fraction of sp³-hybridized carbons (Fsp3) is 0.440. The zero-order valence-electron chi connectivity index (χ0n) is 19.3. The molecule has 0 radical (unpaired) electrons. The van der Waals surface area contributed by atoms with Crippen LogP contribution in [0.4, 0.5) is 0 Å². The molecule has 1 aliphatic heterocycles. The van der Waals surface area contributed by atoms with E-state index in [0.717, 1.165) is 11.3 Å². The number of aromatic nitrogens is 3. The standard InChI is InChI=1S/C25H30N4O4/c1-4-33-24(31)23-19(15-32-11-10-29-9-8-27-16-29)28-18-12-25(2,3)13-20(30)22(18)21(23)17-6-5-7-26-14-17/h5-9,14,16,21,28H,4,10-13,15H2,1-3H3. The number of hydrogen-bond acceptors (Lipinski definition) is 7. The van der Waals surface area contributed by atoms with Gasteiger partial charge in [-0.1, -0.05) is 19.9 Å². The molecule has 2 aromatic heterocycles. The van der Waals surface area contributed by atoms with Crippen LogP contribution < -0.4 is 5.32 Å². The first kappa shape index (κ1) is 22.9. The maximum atomic E-state index is 13.3. The van der Waals surface area contributed by atoms with E-state index in [1.54, 1.807) is 31.8 Å². The highest BCUT2D eigenvalue weighted by atomic mass is 16.5. The number of nitrogens with one attached hydrogen (secondary N) is 1. The van der Waals surface area contributed by atoms with E-state index in [-0.39, 0.29) is 24.4 Å². The molecule has 0 saturated carbocycles. The number of esters is 1. The molecule has 0 spiro atoms. The van der Waals surface area contributed by atoms with Crippen molar-refractivity contribution in [1.82, 2.24) is 19.9 Å². The number of hydrogen-bond donors (Lipinski definition) is 1. The average molecular weight is 451 g/mol. The number of nitrogens with zero attached hydrogens (tertiary/aromatic N) is 3. The van der Waals surface area contributed by atoms with Crippen LogP contribution >= 0.6 is 0 Å². The van der Waals surface area contributed by atoms with Gasteiger partial charge in [0.05, 0.1) is 37.4 Å². The first-order valence-corrected chi connectivity index (χ1v) is 11.3. The van der Waals surface area contributed by atoms with Crippen LogP contribution in [-0.4, -0.2) is 46.1 Å². The number of ether oxygens (including phenoxy) is 2. The second kappa shape index (κ2) is 9.70. The van der Waals surface area contributed by atoms with Crippen LogP contribution in [0.3, 0.4) is 0 Å². The van der Waals surface area contributed by atoms with Gasteiger partial charge in [0.1, 0.15) is 0 Å². The topological polar surface area (TPSA) is 95.3 Å². The van der Waals surface area contributed by atoms with Crippen LogP contribution in [0.15, 0.2) is 65.8 Å². The molecule has 1 N–H and O–H groups in total. The number of ketones is 1. The summed E-state index contributed by atoms with van der Waals surface area (Å²) in [6.07, 6.45) is 9.85. The predicted octanol–water partition coefficient (Wildman–Crippen LogP) is 3.14. The highest BCUT2D eigenvalue weighted by Gasteiger charge is 2.43. The maximum absolute atomic E-state index is 13.3. The van der Waals surface area contributed by atoms with Crippen LogP contribution in [0.5, 0.6) is 0 Å². The molecular weight excluding hydrogens is 420 g/mol. The summed E-state index contributed by atoms with van der Waals surface area (Å²) in [6, 6.07) is 3.72. The second-order valence-corrected chi connectivity index (χ2v) is 9.14. The van der Waals surface area contributed by atoms with E-state index in [1.165, 1.54) is 0 Å². The minimum absolute atomic E-state index is 0.0458. The van der Waals surface area contributed by atoms with Crippen molar-refractivity contribution in [2.45, 2.75) is 46.1 Å². The van der Waals surface area contributed by atoms with E-state index in [0.29, 0.717) is 42.8 Å². The van der Waals surface area contributed by atoms with Crippen LogP contribution in [-0.2, 0) is 25.6 Å². The Morgan fingerprint density at radius 1 is 1.27 bits per heavy atom. The van der Waals surface area contributed by atoms with Gasteiger partial charge in [-0.15, -0.1) is 0 Å². The van der Waals surface area contributed by atoms with E-state index in [2.05, 4.69) is 29.1 Å². The summed E-state index contributed by atoms with van der Waals surface area (Å²) in [5.74, 6) is -0.939.